The number of ether oxygens (including phenoxy) is 1. The Morgan fingerprint density at radius 2 is 1.55 bits per heavy atom. The molecule has 1 atom stereocenters. The van der Waals surface area contributed by atoms with Gasteiger partial charge in [-0.3, -0.25) is 0 Å². The molecule has 0 amide bonds. The van der Waals surface area contributed by atoms with E-state index in [2.05, 4.69) is 43.6 Å². The van der Waals surface area contributed by atoms with Crippen molar-refractivity contribution in [1.29, 1.82) is 0 Å². The molecule has 0 radical (unpaired) electrons. The van der Waals surface area contributed by atoms with Crippen LogP contribution in [0.3, 0.4) is 0 Å². The predicted octanol–water partition coefficient (Wildman–Crippen LogP) is 4.35. The average molecular weight is 419 g/mol. The Labute approximate surface area is 182 Å². The molecule has 0 bridgehead atoms. The van der Waals surface area contributed by atoms with Crippen molar-refractivity contribution in [3.05, 3.63) is 66.4 Å². The molecule has 3 aliphatic rings. The highest BCUT2D eigenvalue weighted by Gasteiger charge is 2.37. The van der Waals surface area contributed by atoms with E-state index >= 15 is 0 Å². The second kappa shape index (κ2) is 7.68. The third-order valence-electron chi connectivity index (χ3n) is 7.17. The molecule has 0 N–H and O–H groups in total. The summed E-state index contributed by atoms with van der Waals surface area (Å²) in [6.45, 7) is 5.51. The predicted molar refractivity (Wildman–Crippen MR) is 120 cm³/mol. The van der Waals surface area contributed by atoms with Gasteiger partial charge in [0.25, 0.3) is 0 Å². The van der Waals surface area contributed by atoms with Gasteiger partial charge in [0.05, 0.1) is 37.5 Å². The lowest BCUT2D eigenvalue weighted by atomic mass is 9.85. The van der Waals surface area contributed by atoms with Gasteiger partial charge < -0.3 is 19.1 Å². The van der Waals surface area contributed by atoms with Crippen molar-refractivity contribution < 1.29 is 9.13 Å². The van der Waals surface area contributed by atoms with Gasteiger partial charge in [0.1, 0.15) is 5.82 Å². The van der Waals surface area contributed by atoms with E-state index in [0.717, 1.165) is 69.1 Å². The fourth-order valence-electron chi connectivity index (χ4n) is 5.57. The van der Waals surface area contributed by atoms with Gasteiger partial charge in [-0.05, 0) is 49.1 Å². The normalized spacial score (nSPS) is 21.3. The van der Waals surface area contributed by atoms with Crippen LogP contribution >= 0.6 is 0 Å². The molecule has 1 unspecified atom stereocenters. The van der Waals surface area contributed by atoms with Crippen LogP contribution in [0.5, 0.6) is 0 Å². The quantitative estimate of drug-likeness (QED) is 0.633. The van der Waals surface area contributed by atoms with E-state index in [9.17, 15) is 4.39 Å². The van der Waals surface area contributed by atoms with Crippen LogP contribution in [0.1, 0.15) is 24.4 Å². The summed E-state index contributed by atoms with van der Waals surface area (Å²) in [5, 5.41) is 0. The number of piperidine rings is 1. The van der Waals surface area contributed by atoms with Crippen LogP contribution in [0.2, 0.25) is 0 Å². The number of morpholine rings is 1. The van der Waals surface area contributed by atoms with Gasteiger partial charge in [-0.1, -0.05) is 12.1 Å². The Balaban J connectivity index is 1.17. The summed E-state index contributed by atoms with van der Waals surface area (Å²) < 4.78 is 22.5. The average Bonchev–Trinajstić information content (AvgIpc) is 3.42. The molecule has 3 aromatic rings. The van der Waals surface area contributed by atoms with Gasteiger partial charge in [0, 0.05) is 48.7 Å². The molecule has 2 fully saturated rings. The highest BCUT2D eigenvalue weighted by Crippen LogP contribution is 2.46. The summed E-state index contributed by atoms with van der Waals surface area (Å²) in [4.78, 5) is 9.19. The van der Waals surface area contributed by atoms with E-state index in [-0.39, 0.29) is 11.9 Å². The van der Waals surface area contributed by atoms with Gasteiger partial charge in [-0.25, -0.2) is 9.37 Å². The summed E-state index contributed by atoms with van der Waals surface area (Å²) in [6, 6.07) is 14.4. The molecule has 2 aromatic carbocycles. The zero-order chi connectivity index (χ0) is 20.8. The van der Waals surface area contributed by atoms with Gasteiger partial charge in [0.2, 0.25) is 0 Å². The fourth-order valence-corrected chi connectivity index (χ4v) is 5.57. The largest absolute Gasteiger partial charge is 0.378 e. The molecular weight excluding hydrogens is 391 g/mol. The number of anilines is 2. The van der Waals surface area contributed by atoms with E-state index in [1.165, 1.54) is 11.4 Å². The van der Waals surface area contributed by atoms with Crippen molar-refractivity contribution in [3.8, 4) is 11.3 Å². The molecule has 2 saturated heterocycles. The summed E-state index contributed by atoms with van der Waals surface area (Å²) in [5.41, 5.74) is 5.45. The van der Waals surface area contributed by atoms with E-state index in [1.54, 1.807) is 12.1 Å². The lowest BCUT2D eigenvalue weighted by Crippen LogP contribution is -2.37. The van der Waals surface area contributed by atoms with Crippen LogP contribution in [0.25, 0.3) is 11.3 Å². The summed E-state index contributed by atoms with van der Waals surface area (Å²) in [6.07, 6.45) is 5.82. The number of hydrogen-bond donors (Lipinski definition) is 0. The zero-order valence-corrected chi connectivity index (χ0v) is 17.6. The van der Waals surface area contributed by atoms with Crippen LogP contribution in [-0.2, 0) is 4.74 Å². The Morgan fingerprint density at radius 1 is 0.871 bits per heavy atom. The van der Waals surface area contributed by atoms with Crippen molar-refractivity contribution in [1.82, 2.24) is 9.55 Å². The molecule has 0 spiro atoms. The van der Waals surface area contributed by atoms with E-state index < -0.39 is 0 Å². The lowest BCUT2D eigenvalue weighted by molar-refractivity contribution is 0.122. The highest BCUT2D eigenvalue weighted by molar-refractivity contribution is 5.69. The first-order valence-corrected chi connectivity index (χ1v) is 11.3. The topological polar surface area (TPSA) is 33.5 Å². The third kappa shape index (κ3) is 3.21. The Morgan fingerprint density at radius 3 is 2.26 bits per heavy atom. The van der Waals surface area contributed by atoms with Crippen molar-refractivity contribution in [3.63, 3.8) is 0 Å². The van der Waals surface area contributed by atoms with Gasteiger partial charge in [0.15, 0.2) is 0 Å². The summed E-state index contributed by atoms with van der Waals surface area (Å²) in [5.74, 6) is 0.322. The zero-order valence-electron chi connectivity index (χ0n) is 17.6. The molecule has 160 valence electrons. The number of halogens is 1. The number of fused-ring (bicyclic) bond motifs is 3. The number of hydrogen-bond acceptors (Lipinski definition) is 4. The first-order valence-electron chi connectivity index (χ1n) is 11.3. The molecule has 3 aliphatic heterocycles. The number of rotatable bonds is 3. The number of nitrogens with zero attached hydrogens (tertiary/aromatic N) is 4. The molecule has 6 rings (SSSR count). The van der Waals surface area contributed by atoms with E-state index in [1.807, 2.05) is 18.6 Å². The monoisotopic (exact) mass is 418 g/mol. The Bertz CT molecular complexity index is 1070. The smallest absolute Gasteiger partial charge is 0.129 e. The Hall–Kier alpha value is -2.86. The standard InChI is InChI=1S/C25H27FN4O/c26-22-3-1-2-21-23-16-27-17-30(23)25(24(21)22)18-8-10-28(11-9-18)19-4-6-20(7-5-19)29-12-14-31-15-13-29/h1-7,16-18,25H,8-15H2. The number of benzene rings is 2. The van der Waals surface area contributed by atoms with Crippen molar-refractivity contribution in [2.45, 2.75) is 18.9 Å². The van der Waals surface area contributed by atoms with Crippen LogP contribution in [0, 0.1) is 11.7 Å². The van der Waals surface area contributed by atoms with Crippen LogP contribution < -0.4 is 9.80 Å². The van der Waals surface area contributed by atoms with Gasteiger partial charge in [-0.2, -0.15) is 0 Å². The summed E-state index contributed by atoms with van der Waals surface area (Å²) >= 11 is 0. The molecule has 0 saturated carbocycles. The minimum Gasteiger partial charge on any atom is -0.378 e. The molecule has 0 aliphatic carbocycles. The fraction of sp³-hybridized carbons (Fsp3) is 0.400. The SMILES string of the molecule is Fc1cccc2c1C(C1CCN(c3ccc(N4CCOCC4)cc3)CC1)n1cncc1-2. The number of imidazole rings is 1. The first kappa shape index (κ1) is 18.9. The Kier molecular flexibility index (Phi) is 4.68. The molecule has 1 aromatic heterocycles. The van der Waals surface area contributed by atoms with Crippen LogP contribution in [0.4, 0.5) is 15.8 Å². The molecule has 4 heterocycles. The first-order chi connectivity index (χ1) is 15.3. The van der Waals surface area contributed by atoms with Crippen LogP contribution in [0.15, 0.2) is 55.0 Å². The van der Waals surface area contributed by atoms with Gasteiger partial charge >= 0.3 is 0 Å². The van der Waals surface area contributed by atoms with Crippen molar-refractivity contribution >= 4 is 11.4 Å². The lowest BCUT2D eigenvalue weighted by Gasteiger charge is -2.37. The molecule has 5 nitrogen and oxygen atoms in total. The van der Waals surface area contributed by atoms with E-state index in [0.29, 0.717) is 5.92 Å². The minimum absolute atomic E-state index is 0.0551. The van der Waals surface area contributed by atoms with Crippen molar-refractivity contribution in [2.75, 3.05) is 49.2 Å². The second-order valence-electron chi connectivity index (χ2n) is 8.77. The molecule has 31 heavy (non-hydrogen) atoms. The van der Waals surface area contributed by atoms with E-state index in [4.69, 9.17) is 4.74 Å². The van der Waals surface area contributed by atoms with Gasteiger partial charge in [-0.15, -0.1) is 0 Å². The minimum atomic E-state index is -0.0904. The molecular formula is C25H27FN4O. The maximum Gasteiger partial charge on any atom is 0.129 e. The van der Waals surface area contributed by atoms with Crippen LogP contribution in [-0.4, -0.2) is 48.9 Å². The third-order valence-corrected chi connectivity index (χ3v) is 7.17. The maximum atomic E-state index is 14.8. The molecule has 6 heteroatoms. The second-order valence-corrected chi connectivity index (χ2v) is 8.77. The maximum absolute atomic E-state index is 14.8. The van der Waals surface area contributed by atoms with Crippen molar-refractivity contribution in [2.24, 2.45) is 5.92 Å². The highest BCUT2D eigenvalue weighted by atomic mass is 19.1. The summed E-state index contributed by atoms with van der Waals surface area (Å²) in [7, 11) is 0. The number of aromatic nitrogens is 2.